The van der Waals surface area contributed by atoms with Crippen LogP contribution in [0, 0.1) is 6.92 Å². The van der Waals surface area contributed by atoms with Gasteiger partial charge in [-0.25, -0.2) is 4.68 Å². The van der Waals surface area contributed by atoms with Crippen molar-refractivity contribution in [2.24, 2.45) is 5.10 Å². The summed E-state index contributed by atoms with van der Waals surface area (Å²) in [6.45, 7) is 3.38. The van der Waals surface area contributed by atoms with Crippen molar-refractivity contribution in [1.29, 1.82) is 0 Å². The van der Waals surface area contributed by atoms with E-state index in [9.17, 15) is 29.4 Å². The minimum absolute atomic E-state index is 0. The van der Waals surface area contributed by atoms with Crippen molar-refractivity contribution in [3.8, 4) is 5.69 Å². The number of nitrogens with zero attached hydrogens (tertiary/aromatic N) is 3. The molecule has 0 spiro atoms. The first kappa shape index (κ1) is 30.2. The topological polar surface area (TPSA) is 151 Å². The van der Waals surface area contributed by atoms with E-state index in [1.165, 1.54) is 58.2 Å². The summed E-state index contributed by atoms with van der Waals surface area (Å²) in [4.78, 5) is 47.5. The second kappa shape index (κ2) is 12.5. The quantitative estimate of drug-likeness (QED) is 0.255. The predicted molar refractivity (Wildman–Crippen MR) is 124 cm³/mol. The molecule has 1 aliphatic heterocycles. The minimum Gasteiger partial charge on any atom is -0.545 e. The molecule has 2 aromatic carbocycles. The Kier molecular flexibility index (Phi) is 10.2. The molecule has 0 aliphatic carbocycles. The number of hydrazone groups is 1. The largest absolute Gasteiger partial charge is 1.00 e. The molecule has 0 fully saturated rings. The number of anilines is 1. The summed E-state index contributed by atoms with van der Waals surface area (Å²) in [5.41, 5.74) is 2.21. The number of benzene rings is 2. The van der Waals surface area contributed by atoms with Gasteiger partial charge in [0.15, 0.2) is 0 Å². The van der Waals surface area contributed by atoms with Gasteiger partial charge in [-0.05, 0) is 61.4 Å². The number of carbonyl (C=O) groups is 3. The number of amides is 1. The van der Waals surface area contributed by atoms with Gasteiger partial charge in [0.2, 0.25) is 0 Å². The van der Waals surface area contributed by atoms with Crippen LogP contribution in [0.2, 0.25) is 0 Å². The molecule has 0 saturated heterocycles. The summed E-state index contributed by atoms with van der Waals surface area (Å²) < 4.78 is 1.28. The maximum Gasteiger partial charge on any atom is 1.00 e. The van der Waals surface area contributed by atoms with Gasteiger partial charge in [0.1, 0.15) is 0 Å². The molecule has 4 rings (SSSR count). The molecule has 2 heterocycles. The number of aromatic amines is 1. The number of H-pyrrole nitrogens is 1. The van der Waals surface area contributed by atoms with Crippen LogP contribution in [0.1, 0.15) is 38.9 Å². The van der Waals surface area contributed by atoms with Crippen LogP contribution in [0.5, 0.6) is 0 Å². The van der Waals surface area contributed by atoms with Gasteiger partial charge in [-0.2, -0.15) is 10.1 Å². The SMILES string of the molecule is CC1=NN(c2ccc(C(=O)[O-])cc2)C(=O)/C1=C/C=C/c1c(C)[nH]n(-c2ccc(C(=O)[O-])cc2)c1=O.[Na+].[Na+]. The molecule has 0 atom stereocenters. The normalized spacial score (nSPS) is 13.9. The monoisotopic (exact) mass is 516 g/mol. The number of rotatable bonds is 6. The molecule has 1 amide bonds. The first-order chi connectivity index (χ1) is 16.7. The number of carboxylic acid groups (broad SMARTS) is 2. The van der Waals surface area contributed by atoms with Gasteiger partial charge in [-0.15, -0.1) is 0 Å². The van der Waals surface area contributed by atoms with Crippen molar-refractivity contribution in [2.45, 2.75) is 13.8 Å². The molecule has 37 heavy (non-hydrogen) atoms. The van der Waals surface area contributed by atoms with Crippen LogP contribution in [0.3, 0.4) is 0 Å². The Morgan fingerprint density at radius 2 is 1.38 bits per heavy atom. The zero-order valence-electron chi connectivity index (χ0n) is 20.6. The van der Waals surface area contributed by atoms with Gasteiger partial charge in [0, 0.05) is 5.69 Å². The fraction of sp³-hybridized carbons (Fsp3) is 0.0800. The summed E-state index contributed by atoms with van der Waals surface area (Å²) in [5, 5.41) is 30.2. The Morgan fingerprint density at radius 1 is 0.865 bits per heavy atom. The summed E-state index contributed by atoms with van der Waals surface area (Å²) in [5.74, 6) is -3.02. The third-order valence-corrected chi connectivity index (χ3v) is 5.41. The average molecular weight is 516 g/mol. The second-order valence-electron chi connectivity index (χ2n) is 7.70. The Balaban J connectivity index is 0.00000241. The van der Waals surface area contributed by atoms with E-state index in [1.807, 2.05) is 0 Å². The van der Waals surface area contributed by atoms with Crippen LogP contribution in [0.4, 0.5) is 5.69 Å². The van der Waals surface area contributed by atoms with Crippen LogP contribution < -0.4 is 79.9 Å². The van der Waals surface area contributed by atoms with Crippen LogP contribution in [0.15, 0.2) is 76.2 Å². The van der Waals surface area contributed by atoms with Gasteiger partial charge in [-0.3, -0.25) is 14.7 Å². The van der Waals surface area contributed by atoms with Crippen molar-refractivity contribution >= 4 is 35.3 Å². The molecule has 3 aromatic rings. The van der Waals surface area contributed by atoms with Crippen LogP contribution in [-0.2, 0) is 4.79 Å². The van der Waals surface area contributed by atoms with E-state index in [0.717, 1.165) is 0 Å². The molecule has 176 valence electrons. The maximum atomic E-state index is 12.9. The van der Waals surface area contributed by atoms with E-state index < -0.39 is 17.8 Å². The van der Waals surface area contributed by atoms with Crippen molar-refractivity contribution < 1.29 is 83.7 Å². The summed E-state index contributed by atoms with van der Waals surface area (Å²) in [6.07, 6.45) is 4.67. The Hall–Kier alpha value is -2.99. The number of aromatic nitrogens is 2. The number of hydrogen-bond acceptors (Lipinski definition) is 7. The van der Waals surface area contributed by atoms with E-state index in [4.69, 9.17) is 0 Å². The standard InChI is InChI=1S/C25H20N4O6.2Na/c1-14-20(22(30)28(26-14)18-10-6-16(7-11-18)24(32)33)4-3-5-21-15(2)27-29(23(21)31)19-12-8-17(9-13-19)25(34)35;;/h3-13,26H,1-2H3,(H,32,33)(H,34,35);;/q;2*+1/p-2/b4-3+,21-5+;;. The number of nitrogens with one attached hydrogen (secondary N) is 1. The summed E-state index contributed by atoms with van der Waals surface area (Å²) >= 11 is 0. The molecule has 0 saturated carbocycles. The van der Waals surface area contributed by atoms with Crippen LogP contribution in [-0.4, -0.2) is 33.3 Å². The molecule has 1 aliphatic rings. The van der Waals surface area contributed by atoms with E-state index in [0.29, 0.717) is 33.9 Å². The Bertz CT molecular complexity index is 1500. The molecule has 12 heteroatoms. The number of aryl methyl sites for hydroxylation is 1. The summed E-state index contributed by atoms with van der Waals surface area (Å²) in [6, 6.07) is 11.3. The molecule has 1 N–H and O–H groups in total. The average Bonchev–Trinajstić information content (AvgIpc) is 3.28. The van der Waals surface area contributed by atoms with Crippen molar-refractivity contribution in [3.63, 3.8) is 0 Å². The van der Waals surface area contributed by atoms with Crippen molar-refractivity contribution in [1.82, 2.24) is 9.78 Å². The number of carboxylic acids is 2. The predicted octanol–water partition coefficient (Wildman–Crippen LogP) is -5.43. The Morgan fingerprint density at radius 3 is 1.89 bits per heavy atom. The third-order valence-electron chi connectivity index (χ3n) is 5.41. The molecule has 0 radical (unpaired) electrons. The van der Waals surface area contributed by atoms with Gasteiger partial charge < -0.3 is 19.8 Å². The second-order valence-corrected chi connectivity index (χ2v) is 7.70. The minimum atomic E-state index is -1.32. The number of aromatic carboxylic acids is 2. The number of hydrogen-bond donors (Lipinski definition) is 1. The van der Waals surface area contributed by atoms with Gasteiger partial charge >= 0.3 is 59.1 Å². The first-order valence-electron chi connectivity index (χ1n) is 10.4. The zero-order chi connectivity index (χ0) is 25.3. The smallest absolute Gasteiger partial charge is 0.545 e. The third kappa shape index (κ3) is 6.30. The van der Waals surface area contributed by atoms with Gasteiger partial charge in [0.25, 0.3) is 11.5 Å². The molecule has 10 nitrogen and oxygen atoms in total. The zero-order valence-corrected chi connectivity index (χ0v) is 24.6. The van der Waals surface area contributed by atoms with Gasteiger partial charge in [0.05, 0.1) is 40.2 Å². The van der Waals surface area contributed by atoms with Crippen LogP contribution >= 0.6 is 0 Å². The maximum absolute atomic E-state index is 12.9. The number of carbonyl (C=O) groups excluding carboxylic acids is 3. The molecule has 0 bridgehead atoms. The molecular weight excluding hydrogens is 498 g/mol. The van der Waals surface area contributed by atoms with Crippen molar-refractivity contribution in [3.05, 3.63) is 99.0 Å². The van der Waals surface area contributed by atoms with Crippen molar-refractivity contribution in [2.75, 3.05) is 5.01 Å². The van der Waals surface area contributed by atoms with Crippen LogP contribution in [0.25, 0.3) is 11.8 Å². The van der Waals surface area contributed by atoms with E-state index >= 15 is 0 Å². The van der Waals surface area contributed by atoms with E-state index in [2.05, 4.69) is 10.2 Å². The Labute approximate surface area is 255 Å². The first-order valence-corrected chi connectivity index (χ1v) is 10.4. The molecule has 1 aromatic heterocycles. The summed E-state index contributed by atoms with van der Waals surface area (Å²) in [7, 11) is 0. The van der Waals surface area contributed by atoms with E-state index in [1.54, 1.807) is 32.1 Å². The fourth-order valence-corrected chi connectivity index (χ4v) is 3.55. The fourth-order valence-electron chi connectivity index (χ4n) is 3.55. The molecule has 0 unspecified atom stereocenters. The van der Waals surface area contributed by atoms with Gasteiger partial charge in [-0.1, -0.05) is 30.3 Å². The van der Waals surface area contributed by atoms with E-state index in [-0.39, 0.29) is 75.8 Å². The molecular formula is C25H18N4Na2O6. The number of allylic oxidation sites excluding steroid dienone is 2.